The lowest BCUT2D eigenvalue weighted by atomic mass is 10.1. The van der Waals surface area contributed by atoms with E-state index in [4.69, 9.17) is 16.6 Å². The maximum atomic E-state index is 11.5. The second-order valence-corrected chi connectivity index (χ2v) is 6.04. The van der Waals surface area contributed by atoms with E-state index in [1.807, 2.05) is 55.5 Å². The second-order valence-electron chi connectivity index (χ2n) is 5.63. The summed E-state index contributed by atoms with van der Waals surface area (Å²) in [5.41, 5.74) is 3.01. The van der Waals surface area contributed by atoms with Gasteiger partial charge in [0.1, 0.15) is 5.58 Å². The van der Waals surface area contributed by atoms with Crippen LogP contribution in [0.2, 0.25) is 0 Å². The molecule has 1 aromatic heterocycles. The first kappa shape index (κ1) is 17.0. The van der Waals surface area contributed by atoms with Crippen molar-refractivity contribution in [2.24, 2.45) is 0 Å². The number of hydrogen-bond acceptors (Lipinski definition) is 4. The van der Waals surface area contributed by atoms with Crippen molar-refractivity contribution >= 4 is 39.7 Å². The van der Waals surface area contributed by atoms with E-state index in [1.54, 1.807) is 0 Å². The molecule has 0 amide bonds. The average molecular weight is 353 g/mol. The minimum atomic E-state index is -0.332. The Hall–Kier alpha value is -2.86. The number of benzene rings is 2. The fourth-order valence-corrected chi connectivity index (χ4v) is 2.73. The summed E-state index contributed by atoms with van der Waals surface area (Å²) in [6, 6.07) is 17.0. The molecule has 1 heterocycles. The SMILES string of the molecule is Cc1cc(=O)oc2cc(NCCNC(=S)Nc3ccccc3)ccc12. The summed E-state index contributed by atoms with van der Waals surface area (Å²) < 4.78 is 5.25. The van der Waals surface area contributed by atoms with Crippen molar-refractivity contribution in [3.63, 3.8) is 0 Å². The molecule has 0 aliphatic carbocycles. The van der Waals surface area contributed by atoms with Crippen LogP contribution in [0.1, 0.15) is 5.56 Å². The normalized spacial score (nSPS) is 10.4. The van der Waals surface area contributed by atoms with Gasteiger partial charge in [0.2, 0.25) is 0 Å². The van der Waals surface area contributed by atoms with Crippen LogP contribution in [0, 0.1) is 6.92 Å². The van der Waals surface area contributed by atoms with Crippen LogP contribution in [0.3, 0.4) is 0 Å². The third kappa shape index (κ3) is 4.58. The molecule has 128 valence electrons. The van der Waals surface area contributed by atoms with E-state index in [0.29, 0.717) is 23.8 Å². The van der Waals surface area contributed by atoms with E-state index in [9.17, 15) is 4.79 Å². The summed E-state index contributed by atoms with van der Waals surface area (Å²) in [7, 11) is 0. The van der Waals surface area contributed by atoms with Crippen molar-refractivity contribution in [3.8, 4) is 0 Å². The predicted octanol–water partition coefficient (Wildman–Crippen LogP) is 3.50. The Morgan fingerprint density at radius 3 is 2.64 bits per heavy atom. The minimum Gasteiger partial charge on any atom is -0.423 e. The lowest BCUT2D eigenvalue weighted by Gasteiger charge is -2.12. The van der Waals surface area contributed by atoms with Crippen LogP contribution in [0.4, 0.5) is 11.4 Å². The van der Waals surface area contributed by atoms with Gasteiger partial charge in [-0.05, 0) is 49.0 Å². The Balaban J connectivity index is 1.51. The highest BCUT2D eigenvalue weighted by molar-refractivity contribution is 7.80. The molecule has 2 aromatic carbocycles. The van der Waals surface area contributed by atoms with E-state index in [0.717, 1.165) is 22.3 Å². The Morgan fingerprint density at radius 2 is 1.84 bits per heavy atom. The monoisotopic (exact) mass is 353 g/mol. The Labute approximate surface area is 151 Å². The van der Waals surface area contributed by atoms with Crippen molar-refractivity contribution in [1.29, 1.82) is 0 Å². The smallest absolute Gasteiger partial charge is 0.336 e. The Kier molecular flexibility index (Phi) is 5.30. The maximum Gasteiger partial charge on any atom is 0.336 e. The van der Waals surface area contributed by atoms with Crippen molar-refractivity contribution in [3.05, 3.63) is 70.6 Å². The summed E-state index contributed by atoms with van der Waals surface area (Å²) in [5.74, 6) is 0. The number of hydrogen-bond donors (Lipinski definition) is 3. The zero-order chi connectivity index (χ0) is 17.6. The van der Waals surface area contributed by atoms with Gasteiger partial charge in [-0.2, -0.15) is 0 Å². The van der Waals surface area contributed by atoms with E-state index < -0.39 is 0 Å². The first-order chi connectivity index (χ1) is 12.1. The zero-order valence-corrected chi connectivity index (χ0v) is 14.7. The van der Waals surface area contributed by atoms with Crippen LogP contribution in [0.5, 0.6) is 0 Å². The number of anilines is 2. The van der Waals surface area contributed by atoms with Crippen LogP contribution in [0.25, 0.3) is 11.0 Å². The Bertz CT molecular complexity index is 938. The van der Waals surface area contributed by atoms with Crippen LogP contribution in [0.15, 0.2) is 63.8 Å². The van der Waals surface area contributed by atoms with E-state index in [-0.39, 0.29) is 5.63 Å². The fourth-order valence-electron chi connectivity index (χ4n) is 2.51. The van der Waals surface area contributed by atoms with Gasteiger partial charge >= 0.3 is 5.63 Å². The largest absolute Gasteiger partial charge is 0.423 e. The molecule has 0 aliphatic heterocycles. The molecular weight excluding hydrogens is 334 g/mol. The van der Waals surface area contributed by atoms with Gasteiger partial charge in [0.15, 0.2) is 5.11 Å². The topological polar surface area (TPSA) is 66.3 Å². The molecule has 0 unspecified atom stereocenters. The highest BCUT2D eigenvalue weighted by Crippen LogP contribution is 2.20. The van der Waals surface area contributed by atoms with Crippen molar-refractivity contribution in [1.82, 2.24) is 5.32 Å². The van der Waals surface area contributed by atoms with Crippen LogP contribution < -0.4 is 21.6 Å². The molecule has 0 fully saturated rings. The number of rotatable bonds is 5. The summed E-state index contributed by atoms with van der Waals surface area (Å²) >= 11 is 5.26. The van der Waals surface area contributed by atoms with Gasteiger partial charge in [0.25, 0.3) is 0 Å². The van der Waals surface area contributed by atoms with E-state index in [2.05, 4.69) is 16.0 Å². The predicted molar refractivity (Wildman–Crippen MR) is 106 cm³/mol. The van der Waals surface area contributed by atoms with Gasteiger partial charge in [-0.1, -0.05) is 18.2 Å². The highest BCUT2D eigenvalue weighted by Gasteiger charge is 2.03. The number of fused-ring (bicyclic) bond motifs is 1. The van der Waals surface area contributed by atoms with Gasteiger partial charge in [-0.3, -0.25) is 0 Å². The fraction of sp³-hybridized carbons (Fsp3) is 0.158. The third-order valence-corrected chi connectivity index (χ3v) is 3.97. The van der Waals surface area contributed by atoms with E-state index in [1.165, 1.54) is 6.07 Å². The molecule has 0 aliphatic rings. The molecule has 0 radical (unpaired) electrons. The zero-order valence-electron chi connectivity index (χ0n) is 13.8. The summed E-state index contributed by atoms with van der Waals surface area (Å²) in [5, 5.41) is 11.1. The molecular formula is C19H19N3O2S. The first-order valence-electron chi connectivity index (χ1n) is 8.00. The third-order valence-electron chi connectivity index (χ3n) is 3.72. The Morgan fingerprint density at radius 1 is 1.04 bits per heavy atom. The maximum absolute atomic E-state index is 11.5. The summed E-state index contributed by atoms with van der Waals surface area (Å²) in [6.07, 6.45) is 0. The molecule has 6 heteroatoms. The average Bonchev–Trinajstić information content (AvgIpc) is 2.59. The molecule has 3 N–H and O–H groups in total. The summed E-state index contributed by atoms with van der Waals surface area (Å²) in [4.78, 5) is 11.5. The van der Waals surface area contributed by atoms with Gasteiger partial charge in [0.05, 0.1) is 0 Å². The standard InChI is InChI=1S/C19H19N3O2S/c1-13-11-18(23)24-17-12-15(7-8-16(13)17)20-9-10-21-19(25)22-14-5-3-2-4-6-14/h2-8,11-12,20H,9-10H2,1H3,(H2,21,22,25). The number of thiocarbonyl (C=S) groups is 1. The van der Waals surface area contributed by atoms with Gasteiger partial charge in [0, 0.05) is 42.0 Å². The molecule has 0 saturated carbocycles. The van der Waals surface area contributed by atoms with Crippen LogP contribution in [-0.4, -0.2) is 18.2 Å². The number of nitrogens with one attached hydrogen (secondary N) is 3. The second kappa shape index (κ2) is 7.81. The highest BCUT2D eigenvalue weighted by atomic mass is 32.1. The van der Waals surface area contributed by atoms with Gasteiger partial charge < -0.3 is 20.4 Å². The molecule has 5 nitrogen and oxygen atoms in total. The first-order valence-corrected chi connectivity index (χ1v) is 8.41. The molecule has 25 heavy (non-hydrogen) atoms. The van der Waals surface area contributed by atoms with Gasteiger partial charge in [-0.15, -0.1) is 0 Å². The molecule has 0 spiro atoms. The molecule has 0 atom stereocenters. The molecule has 3 aromatic rings. The summed E-state index contributed by atoms with van der Waals surface area (Å²) in [6.45, 7) is 3.24. The van der Waals surface area contributed by atoms with Crippen molar-refractivity contribution in [2.45, 2.75) is 6.92 Å². The quantitative estimate of drug-likeness (QED) is 0.371. The molecule has 0 bridgehead atoms. The van der Waals surface area contributed by atoms with Crippen molar-refractivity contribution < 1.29 is 4.42 Å². The lowest BCUT2D eigenvalue weighted by molar-refractivity contribution is 0.560. The molecule has 3 rings (SSSR count). The van der Waals surface area contributed by atoms with Crippen LogP contribution in [-0.2, 0) is 0 Å². The number of aryl methyl sites for hydroxylation is 1. The van der Waals surface area contributed by atoms with Crippen molar-refractivity contribution in [2.75, 3.05) is 23.7 Å². The van der Waals surface area contributed by atoms with Crippen LogP contribution >= 0.6 is 12.2 Å². The number of para-hydroxylation sites is 1. The lowest BCUT2D eigenvalue weighted by Crippen LogP contribution is -2.32. The molecule has 0 saturated heterocycles. The van der Waals surface area contributed by atoms with Gasteiger partial charge in [-0.25, -0.2) is 4.79 Å². The minimum absolute atomic E-state index is 0.332. The van der Waals surface area contributed by atoms with E-state index >= 15 is 0 Å².